The summed E-state index contributed by atoms with van der Waals surface area (Å²) in [6.45, 7) is 0.438. The summed E-state index contributed by atoms with van der Waals surface area (Å²) in [5, 5.41) is 0.922. The Morgan fingerprint density at radius 2 is 1.71 bits per heavy atom. The highest BCUT2D eigenvalue weighted by atomic mass is 32.1. The average Bonchev–Trinajstić information content (AvgIpc) is 2.93. The van der Waals surface area contributed by atoms with Gasteiger partial charge in [-0.3, -0.25) is 0 Å². The van der Waals surface area contributed by atoms with E-state index in [4.69, 9.17) is 5.73 Å². The van der Waals surface area contributed by atoms with E-state index < -0.39 is 0 Å². The van der Waals surface area contributed by atoms with Crippen molar-refractivity contribution >= 4 is 11.3 Å². The molecule has 0 atom stereocenters. The van der Waals surface area contributed by atoms with Crippen molar-refractivity contribution in [3.63, 3.8) is 0 Å². The lowest BCUT2D eigenvalue weighted by Gasteiger charge is -2.03. The molecule has 0 radical (unpaired) electrons. The Labute approximate surface area is 127 Å². The second-order valence-electron chi connectivity index (χ2n) is 4.75. The maximum Gasteiger partial charge on any atom is 0.123 e. The van der Waals surface area contributed by atoms with Gasteiger partial charge in [0.1, 0.15) is 10.8 Å². The van der Waals surface area contributed by atoms with Crippen LogP contribution in [0.4, 0.5) is 4.39 Å². The molecule has 1 aromatic heterocycles. The van der Waals surface area contributed by atoms with Crippen LogP contribution in [-0.2, 0) is 13.0 Å². The van der Waals surface area contributed by atoms with Gasteiger partial charge in [0.25, 0.3) is 0 Å². The van der Waals surface area contributed by atoms with Gasteiger partial charge in [0, 0.05) is 23.4 Å². The molecule has 0 amide bonds. The first-order chi connectivity index (χ1) is 10.3. The molecule has 0 saturated heterocycles. The normalized spacial score (nSPS) is 10.8. The Balaban J connectivity index is 1.97. The first-order valence-corrected chi connectivity index (χ1v) is 7.56. The Hall–Kier alpha value is -2.04. The molecule has 1 heterocycles. The predicted octanol–water partition coefficient (Wildman–Crippen LogP) is 4.00. The average molecular weight is 298 g/mol. The van der Waals surface area contributed by atoms with Crippen LogP contribution in [0.5, 0.6) is 0 Å². The van der Waals surface area contributed by atoms with Gasteiger partial charge in [0.05, 0.1) is 5.69 Å². The minimum atomic E-state index is -0.214. The predicted molar refractivity (Wildman–Crippen MR) is 84.6 cm³/mol. The van der Waals surface area contributed by atoms with Gasteiger partial charge in [-0.1, -0.05) is 42.5 Å². The monoisotopic (exact) mass is 298 g/mol. The molecule has 4 heteroatoms. The first-order valence-electron chi connectivity index (χ1n) is 6.75. The Morgan fingerprint density at radius 1 is 1.00 bits per heavy atom. The van der Waals surface area contributed by atoms with Crippen LogP contribution in [0.25, 0.3) is 11.3 Å². The van der Waals surface area contributed by atoms with Gasteiger partial charge < -0.3 is 5.73 Å². The third-order valence-corrected chi connectivity index (χ3v) is 4.32. The van der Waals surface area contributed by atoms with Crippen molar-refractivity contribution in [1.82, 2.24) is 4.98 Å². The van der Waals surface area contributed by atoms with E-state index in [9.17, 15) is 4.39 Å². The molecule has 0 aliphatic rings. The summed E-state index contributed by atoms with van der Waals surface area (Å²) in [4.78, 5) is 5.79. The molecule has 3 aromatic rings. The Morgan fingerprint density at radius 3 is 2.38 bits per heavy atom. The smallest absolute Gasteiger partial charge is 0.123 e. The standard InChI is InChI=1S/C17H15FN2S/c18-14-8-6-12(7-9-14)10-15-17(20-16(11-19)21-15)13-4-2-1-3-5-13/h1-9H,10-11,19H2. The molecule has 2 aromatic carbocycles. The van der Waals surface area contributed by atoms with E-state index in [0.29, 0.717) is 6.54 Å². The van der Waals surface area contributed by atoms with Crippen LogP contribution in [0, 0.1) is 5.82 Å². The molecule has 106 valence electrons. The van der Waals surface area contributed by atoms with Crippen molar-refractivity contribution in [1.29, 1.82) is 0 Å². The molecule has 3 rings (SSSR count). The van der Waals surface area contributed by atoms with Crippen molar-refractivity contribution in [2.24, 2.45) is 5.73 Å². The van der Waals surface area contributed by atoms with E-state index in [2.05, 4.69) is 4.98 Å². The van der Waals surface area contributed by atoms with E-state index >= 15 is 0 Å². The summed E-state index contributed by atoms with van der Waals surface area (Å²) in [5.41, 5.74) is 8.86. The zero-order valence-electron chi connectivity index (χ0n) is 11.4. The van der Waals surface area contributed by atoms with Crippen molar-refractivity contribution in [2.75, 3.05) is 0 Å². The molecule has 0 spiro atoms. The zero-order valence-corrected chi connectivity index (χ0v) is 12.2. The maximum atomic E-state index is 13.0. The van der Waals surface area contributed by atoms with Crippen LogP contribution >= 0.6 is 11.3 Å². The van der Waals surface area contributed by atoms with Crippen LogP contribution in [0.3, 0.4) is 0 Å². The summed E-state index contributed by atoms with van der Waals surface area (Å²) >= 11 is 1.62. The summed E-state index contributed by atoms with van der Waals surface area (Å²) in [6.07, 6.45) is 0.738. The number of aromatic nitrogens is 1. The zero-order chi connectivity index (χ0) is 14.7. The van der Waals surface area contributed by atoms with Gasteiger partial charge in [-0.25, -0.2) is 9.37 Å². The minimum Gasteiger partial charge on any atom is -0.325 e. The number of benzene rings is 2. The topological polar surface area (TPSA) is 38.9 Å². The van der Waals surface area contributed by atoms with Crippen LogP contribution in [-0.4, -0.2) is 4.98 Å². The van der Waals surface area contributed by atoms with Crippen molar-refractivity contribution in [3.8, 4) is 11.3 Å². The summed E-state index contributed by atoms with van der Waals surface area (Å²) in [6, 6.07) is 16.7. The van der Waals surface area contributed by atoms with E-state index in [1.54, 1.807) is 11.3 Å². The van der Waals surface area contributed by atoms with Gasteiger partial charge >= 0.3 is 0 Å². The SMILES string of the molecule is NCc1nc(-c2ccccc2)c(Cc2ccc(F)cc2)s1. The number of halogens is 1. The lowest BCUT2D eigenvalue weighted by molar-refractivity contribution is 0.627. The third-order valence-electron chi connectivity index (χ3n) is 3.24. The number of thiazole rings is 1. The van der Waals surface area contributed by atoms with Crippen LogP contribution < -0.4 is 5.73 Å². The van der Waals surface area contributed by atoms with Crippen molar-refractivity contribution in [2.45, 2.75) is 13.0 Å². The fourth-order valence-corrected chi connectivity index (χ4v) is 3.22. The fraction of sp³-hybridized carbons (Fsp3) is 0.118. The summed E-state index contributed by atoms with van der Waals surface area (Å²) < 4.78 is 13.0. The first kappa shape index (κ1) is 13.9. The quantitative estimate of drug-likeness (QED) is 0.790. The molecule has 0 saturated carbocycles. The lowest BCUT2D eigenvalue weighted by atomic mass is 10.1. The molecule has 2 N–H and O–H groups in total. The molecule has 0 bridgehead atoms. The molecule has 0 aliphatic carbocycles. The highest BCUT2D eigenvalue weighted by Crippen LogP contribution is 2.30. The summed E-state index contributed by atoms with van der Waals surface area (Å²) in [7, 11) is 0. The Bertz CT molecular complexity index is 720. The van der Waals surface area contributed by atoms with E-state index in [1.165, 1.54) is 12.1 Å². The highest BCUT2D eigenvalue weighted by molar-refractivity contribution is 7.12. The molecule has 0 fully saturated rings. The maximum absolute atomic E-state index is 13.0. The van der Waals surface area contributed by atoms with Gasteiger partial charge in [0.15, 0.2) is 0 Å². The molecule has 2 nitrogen and oxygen atoms in total. The number of hydrogen-bond acceptors (Lipinski definition) is 3. The molecule has 0 aliphatic heterocycles. The highest BCUT2D eigenvalue weighted by Gasteiger charge is 2.12. The van der Waals surface area contributed by atoms with Gasteiger partial charge in [-0.15, -0.1) is 11.3 Å². The van der Waals surface area contributed by atoms with E-state index in [0.717, 1.165) is 33.1 Å². The second-order valence-corrected chi connectivity index (χ2v) is 5.92. The Kier molecular flexibility index (Phi) is 4.08. The van der Waals surface area contributed by atoms with Gasteiger partial charge in [0.2, 0.25) is 0 Å². The number of nitrogens with two attached hydrogens (primary N) is 1. The number of hydrogen-bond donors (Lipinski definition) is 1. The second kappa shape index (κ2) is 6.16. The fourth-order valence-electron chi connectivity index (χ4n) is 2.22. The largest absolute Gasteiger partial charge is 0.325 e. The van der Waals surface area contributed by atoms with E-state index in [-0.39, 0.29) is 5.82 Å². The lowest BCUT2D eigenvalue weighted by Crippen LogP contribution is -1.94. The van der Waals surface area contributed by atoms with Crippen LogP contribution in [0.2, 0.25) is 0 Å². The van der Waals surface area contributed by atoms with Gasteiger partial charge in [-0.2, -0.15) is 0 Å². The molecular weight excluding hydrogens is 283 g/mol. The molecular formula is C17H15FN2S. The molecule has 21 heavy (non-hydrogen) atoms. The number of nitrogens with zero attached hydrogens (tertiary/aromatic N) is 1. The van der Waals surface area contributed by atoms with Crippen molar-refractivity contribution < 1.29 is 4.39 Å². The van der Waals surface area contributed by atoms with Gasteiger partial charge in [-0.05, 0) is 17.7 Å². The van der Waals surface area contributed by atoms with Crippen LogP contribution in [0.1, 0.15) is 15.4 Å². The van der Waals surface area contributed by atoms with E-state index in [1.807, 2.05) is 42.5 Å². The van der Waals surface area contributed by atoms with Crippen molar-refractivity contribution in [3.05, 3.63) is 75.9 Å². The summed E-state index contributed by atoms with van der Waals surface area (Å²) in [5.74, 6) is -0.214. The third kappa shape index (κ3) is 3.17. The minimum absolute atomic E-state index is 0.214. The number of rotatable bonds is 4. The molecule has 0 unspecified atom stereocenters. The van der Waals surface area contributed by atoms with Crippen LogP contribution in [0.15, 0.2) is 54.6 Å².